The molecule has 1 aromatic rings. The molecule has 0 spiro atoms. The molecule has 16 heavy (non-hydrogen) atoms. The van der Waals surface area contributed by atoms with Crippen LogP contribution in [0.2, 0.25) is 0 Å². The summed E-state index contributed by atoms with van der Waals surface area (Å²) in [6, 6.07) is 7.62. The van der Waals surface area contributed by atoms with Gasteiger partial charge in [-0.2, -0.15) is 0 Å². The molecule has 1 aromatic carbocycles. The largest absolute Gasteiger partial charge is 0.493 e. The Hall–Kier alpha value is -1.22. The highest BCUT2D eigenvalue weighted by Crippen LogP contribution is 2.14. The minimum atomic E-state index is 0.761. The zero-order chi connectivity index (χ0) is 11.2. The van der Waals surface area contributed by atoms with Gasteiger partial charge >= 0.3 is 0 Å². The standard InChI is InChI=1S/C13H20N2O/c14-12-5-3-6-13(11-12)16-10-4-9-15-7-1-2-8-15/h3,5-6,11H,1-2,4,7-10,14H2. The third kappa shape index (κ3) is 3.42. The maximum Gasteiger partial charge on any atom is 0.121 e. The number of hydrogen-bond donors (Lipinski definition) is 1. The lowest BCUT2D eigenvalue weighted by Gasteiger charge is -2.14. The predicted octanol–water partition coefficient (Wildman–Crippen LogP) is 2.13. The van der Waals surface area contributed by atoms with Crippen LogP contribution in [0.25, 0.3) is 0 Å². The van der Waals surface area contributed by atoms with Crippen molar-refractivity contribution in [3.8, 4) is 5.75 Å². The molecule has 0 atom stereocenters. The molecule has 1 aliphatic rings. The van der Waals surface area contributed by atoms with E-state index in [1.54, 1.807) is 0 Å². The Balaban J connectivity index is 1.64. The molecule has 0 saturated carbocycles. The number of hydrogen-bond acceptors (Lipinski definition) is 3. The molecule has 3 heteroatoms. The lowest BCUT2D eigenvalue weighted by Crippen LogP contribution is -2.21. The number of benzene rings is 1. The van der Waals surface area contributed by atoms with Crippen LogP contribution in [0, 0.1) is 0 Å². The number of rotatable bonds is 5. The number of nitrogens with two attached hydrogens (primary N) is 1. The van der Waals surface area contributed by atoms with Crippen molar-refractivity contribution in [1.82, 2.24) is 4.90 Å². The molecular formula is C13H20N2O. The second kappa shape index (κ2) is 5.75. The normalized spacial score (nSPS) is 16.5. The van der Waals surface area contributed by atoms with Gasteiger partial charge in [0.15, 0.2) is 0 Å². The summed E-state index contributed by atoms with van der Waals surface area (Å²) in [5.74, 6) is 0.876. The van der Waals surface area contributed by atoms with Gasteiger partial charge in [0.1, 0.15) is 5.75 Å². The summed E-state index contributed by atoms with van der Waals surface area (Å²) in [5, 5.41) is 0. The fourth-order valence-electron chi connectivity index (χ4n) is 2.09. The molecule has 1 fully saturated rings. The third-order valence-corrected chi connectivity index (χ3v) is 2.94. The first kappa shape index (κ1) is 11.3. The van der Waals surface area contributed by atoms with Gasteiger partial charge in [0.2, 0.25) is 0 Å². The van der Waals surface area contributed by atoms with Gasteiger partial charge in [-0.05, 0) is 44.5 Å². The second-order valence-corrected chi connectivity index (χ2v) is 4.32. The van der Waals surface area contributed by atoms with E-state index >= 15 is 0 Å². The maximum atomic E-state index is 5.67. The number of anilines is 1. The molecule has 0 amide bonds. The van der Waals surface area contributed by atoms with Crippen molar-refractivity contribution in [1.29, 1.82) is 0 Å². The molecule has 0 bridgehead atoms. The van der Waals surface area contributed by atoms with Gasteiger partial charge in [-0.15, -0.1) is 0 Å². The first-order valence-electron chi connectivity index (χ1n) is 6.05. The van der Waals surface area contributed by atoms with Gasteiger partial charge in [-0.25, -0.2) is 0 Å². The average molecular weight is 220 g/mol. The number of nitrogen functional groups attached to an aromatic ring is 1. The summed E-state index contributed by atoms with van der Waals surface area (Å²) in [6.07, 6.45) is 3.81. The molecule has 1 heterocycles. The Labute approximate surface area is 97.2 Å². The van der Waals surface area contributed by atoms with Crippen molar-refractivity contribution in [3.63, 3.8) is 0 Å². The fraction of sp³-hybridized carbons (Fsp3) is 0.538. The predicted molar refractivity (Wildman–Crippen MR) is 66.6 cm³/mol. The van der Waals surface area contributed by atoms with Crippen LogP contribution in [-0.2, 0) is 0 Å². The Bertz CT molecular complexity index is 321. The topological polar surface area (TPSA) is 38.5 Å². The third-order valence-electron chi connectivity index (χ3n) is 2.94. The molecule has 88 valence electrons. The van der Waals surface area contributed by atoms with Gasteiger partial charge < -0.3 is 15.4 Å². The fourth-order valence-corrected chi connectivity index (χ4v) is 2.09. The summed E-state index contributed by atoms with van der Waals surface area (Å²) < 4.78 is 5.64. The summed E-state index contributed by atoms with van der Waals surface area (Å²) >= 11 is 0. The van der Waals surface area contributed by atoms with Crippen molar-refractivity contribution in [2.45, 2.75) is 19.3 Å². The van der Waals surface area contributed by atoms with E-state index < -0.39 is 0 Å². The Morgan fingerprint density at radius 2 is 2.06 bits per heavy atom. The van der Waals surface area contributed by atoms with E-state index in [-0.39, 0.29) is 0 Å². The summed E-state index contributed by atoms with van der Waals surface area (Å²) in [4.78, 5) is 2.50. The second-order valence-electron chi connectivity index (χ2n) is 4.32. The molecule has 1 aliphatic heterocycles. The van der Waals surface area contributed by atoms with Crippen molar-refractivity contribution in [2.24, 2.45) is 0 Å². The Morgan fingerprint density at radius 3 is 2.81 bits per heavy atom. The van der Waals surface area contributed by atoms with Crippen LogP contribution in [0.5, 0.6) is 5.75 Å². The van der Waals surface area contributed by atoms with Crippen LogP contribution in [0.15, 0.2) is 24.3 Å². The summed E-state index contributed by atoms with van der Waals surface area (Å²) in [7, 11) is 0. The molecule has 0 aliphatic carbocycles. The van der Waals surface area contributed by atoms with E-state index in [2.05, 4.69) is 4.90 Å². The van der Waals surface area contributed by atoms with Crippen LogP contribution in [0.1, 0.15) is 19.3 Å². The zero-order valence-electron chi connectivity index (χ0n) is 9.69. The van der Waals surface area contributed by atoms with Crippen LogP contribution in [0.4, 0.5) is 5.69 Å². The molecule has 1 saturated heterocycles. The minimum Gasteiger partial charge on any atom is -0.493 e. The minimum absolute atomic E-state index is 0.761. The molecule has 0 radical (unpaired) electrons. The first-order chi connectivity index (χ1) is 7.84. The summed E-state index contributed by atoms with van der Waals surface area (Å²) in [6.45, 7) is 4.46. The molecule has 3 nitrogen and oxygen atoms in total. The first-order valence-corrected chi connectivity index (χ1v) is 6.05. The highest BCUT2D eigenvalue weighted by atomic mass is 16.5. The van der Waals surface area contributed by atoms with Gasteiger partial charge in [-0.3, -0.25) is 0 Å². The van der Waals surface area contributed by atoms with E-state index in [1.165, 1.54) is 25.9 Å². The quantitative estimate of drug-likeness (QED) is 0.610. The van der Waals surface area contributed by atoms with Crippen molar-refractivity contribution in [3.05, 3.63) is 24.3 Å². The smallest absolute Gasteiger partial charge is 0.121 e. The summed E-state index contributed by atoms with van der Waals surface area (Å²) in [5.41, 5.74) is 6.44. The molecule has 0 aromatic heterocycles. The van der Waals surface area contributed by atoms with E-state index in [0.717, 1.165) is 31.0 Å². The number of likely N-dealkylation sites (tertiary alicyclic amines) is 1. The van der Waals surface area contributed by atoms with Gasteiger partial charge in [0.05, 0.1) is 6.61 Å². The van der Waals surface area contributed by atoms with Crippen LogP contribution < -0.4 is 10.5 Å². The number of ether oxygens (including phenoxy) is 1. The van der Waals surface area contributed by atoms with Gasteiger partial charge in [-0.1, -0.05) is 6.07 Å². The maximum absolute atomic E-state index is 5.67. The average Bonchev–Trinajstić information content (AvgIpc) is 2.77. The lowest BCUT2D eigenvalue weighted by molar-refractivity contribution is 0.263. The lowest BCUT2D eigenvalue weighted by atomic mass is 10.3. The van der Waals surface area contributed by atoms with E-state index in [0.29, 0.717) is 0 Å². The number of nitrogens with zero attached hydrogens (tertiary/aromatic N) is 1. The van der Waals surface area contributed by atoms with Crippen LogP contribution >= 0.6 is 0 Å². The molecular weight excluding hydrogens is 200 g/mol. The van der Waals surface area contributed by atoms with E-state index in [4.69, 9.17) is 10.5 Å². The Morgan fingerprint density at radius 1 is 1.25 bits per heavy atom. The van der Waals surface area contributed by atoms with Gasteiger partial charge in [0.25, 0.3) is 0 Å². The van der Waals surface area contributed by atoms with Crippen LogP contribution in [0.3, 0.4) is 0 Å². The SMILES string of the molecule is Nc1cccc(OCCCN2CCCC2)c1. The van der Waals surface area contributed by atoms with Crippen molar-refractivity contribution in [2.75, 3.05) is 32.0 Å². The molecule has 2 rings (SSSR count). The zero-order valence-corrected chi connectivity index (χ0v) is 9.69. The molecule has 2 N–H and O–H groups in total. The van der Waals surface area contributed by atoms with E-state index in [1.807, 2.05) is 24.3 Å². The van der Waals surface area contributed by atoms with Crippen molar-refractivity contribution >= 4 is 5.69 Å². The van der Waals surface area contributed by atoms with Gasteiger partial charge in [0, 0.05) is 18.3 Å². The van der Waals surface area contributed by atoms with E-state index in [9.17, 15) is 0 Å². The Kier molecular flexibility index (Phi) is 4.05. The highest BCUT2D eigenvalue weighted by molar-refractivity contribution is 5.43. The van der Waals surface area contributed by atoms with Crippen LogP contribution in [-0.4, -0.2) is 31.1 Å². The monoisotopic (exact) mass is 220 g/mol. The van der Waals surface area contributed by atoms with Crippen molar-refractivity contribution < 1.29 is 4.74 Å². The molecule has 0 unspecified atom stereocenters. The highest BCUT2D eigenvalue weighted by Gasteiger charge is 2.10.